The van der Waals surface area contributed by atoms with Crippen molar-refractivity contribution in [2.75, 3.05) is 14.2 Å². The fourth-order valence-electron chi connectivity index (χ4n) is 2.07. The van der Waals surface area contributed by atoms with E-state index in [4.69, 9.17) is 9.47 Å². The van der Waals surface area contributed by atoms with E-state index < -0.39 is 11.6 Å². The number of ether oxygens (including phenoxy) is 2. The summed E-state index contributed by atoms with van der Waals surface area (Å²) >= 11 is 0.344. The van der Waals surface area contributed by atoms with Crippen LogP contribution in [0, 0.1) is 5.82 Å². The van der Waals surface area contributed by atoms with Crippen LogP contribution in [0.5, 0.6) is 11.5 Å². The molecular weight excluding hydrogens is 353 g/mol. The zero-order valence-corrected chi connectivity index (χ0v) is 14.3. The SMILES string of the molecule is COc1ccc(C=CC(=O)c2ccc(SC(F)F)c(OC)c2)cc1F. The molecule has 0 amide bonds. The summed E-state index contributed by atoms with van der Waals surface area (Å²) in [5.41, 5.74) is 0.768. The van der Waals surface area contributed by atoms with Gasteiger partial charge in [-0.05, 0) is 42.0 Å². The quantitative estimate of drug-likeness (QED) is 0.389. The largest absolute Gasteiger partial charge is 0.496 e. The first kappa shape index (κ1) is 18.9. The van der Waals surface area contributed by atoms with Crippen molar-refractivity contribution < 1.29 is 27.4 Å². The number of hydrogen-bond donors (Lipinski definition) is 0. The molecule has 0 aliphatic heterocycles. The summed E-state index contributed by atoms with van der Waals surface area (Å²) < 4.78 is 48.5. The third-order valence-electron chi connectivity index (χ3n) is 3.27. The predicted octanol–water partition coefficient (Wildman–Crippen LogP) is 5.05. The lowest BCUT2D eigenvalue weighted by Gasteiger charge is -2.08. The Morgan fingerprint density at radius 1 is 1.08 bits per heavy atom. The number of carbonyl (C=O) groups excluding carboxylic acids is 1. The van der Waals surface area contributed by atoms with Crippen LogP contribution < -0.4 is 9.47 Å². The second kappa shape index (κ2) is 8.62. The fourth-order valence-corrected chi connectivity index (χ4v) is 2.67. The average molecular weight is 368 g/mol. The van der Waals surface area contributed by atoms with Gasteiger partial charge in [-0.15, -0.1) is 0 Å². The van der Waals surface area contributed by atoms with Crippen LogP contribution in [0.2, 0.25) is 0 Å². The van der Waals surface area contributed by atoms with Crippen molar-refractivity contribution in [2.24, 2.45) is 0 Å². The van der Waals surface area contributed by atoms with E-state index in [1.807, 2.05) is 0 Å². The minimum atomic E-state index is -2.58. The summed E-state index contributed by atoms with van der Waals surface area (Å²) in [6.45, 7) is 0. The number of methoxy groups -OCH3 is 2. The number of benzene rings is 2. The third-order valence-corrected chi connectivity index (χ3v) is 4.04. The molecule has 0 fully saturated rings. The van der Waals surface area contributed by atoms with Gasteiger partial charge in [-0.2, -0.15) is 8.78 Å². The van der Waals surface area contributed by atoms with Crippen molar-refractivity contribution in [3.8, 4) is 11.5 Å². The van der Waals surface area contributed by atoms with Crippen molar-refractivity contribution in [3.05, 3.63) is 59.4 Å². The second-order valence-corrected chi connectivity index (χ2v) is 5.87. The summed E-state index contributed by atoms with van der Waals surface area (Å²) in [4.78, 5) is 12.5. The monoisotopic (exact) mass is 368 g/mol. The Hall–Kier alpha value is -2.41. The van der Waals surface area contributed by atoms with Crippen molar-refractivity contribution in [1.82, 2.24) is 0 Å². The molecule has 0 aromatic heterocycles. The zero-order valence-electron chi connectivity index (χ0n) is 13.5. The Morgan fingerprint density at radius 2 is 1.80 bits per heavy atom. The van der Waals surface area contributed by atoms with E-state index in [1.165, 1.54) is 56.7 Å². The molecule has 0 aliphatic carbocycles. The van der Waals surface area contributed by atoms with E-state index in [0.717, 1.165) is 0 Å². The summed E-state index contributed by atoms with van der Waals surface area (Å²) in [6.07, 6.45) is 2.73. The van der Waals surface area contributed by atoms with Crippen LogP contribution in [0.1, 0.15) is 15.9 Å². The van der Waals surface area contributed by atoms with Crippen LogP contribution in [-0.2, 0) is 0 Å². The average Bonchev–Trinajstić information content (AvgIpc) is 2.59. The Labute approximate surface area is 147 Å². The number of allylic oxidation sites excluding steroid dienone is 1. The molecule has 0 unspecified atom stereocenters. The molecule has 2 aromatic rings. The molecule has 7 heteroatoms. The topological polar surface area (TPSA) is 35.5 Å². The lowest BCUT2D eigenvalue weighted by molar-refractivity contribution is 0.104. The van der Waals surface area contributed by atoms with Crippen LogP contribution in [0.25, 0.3) is 6.08 Å². The van der Waals surface area contributed by atoms with Crippen LogP contribution in [0.3, 0.4) is 0 Å². The zero-order chi connectivity index (χ0) is 18.4. The normalized spacial score (nSPS) is 11.1. The van der Waals surface area contributed by atoms with E-state index in [2.05, 4.69) is 0 Å². The maximum atomic E-state index is 13.6. The van der Waals surface area contributed by atoms with Crippen molar-refractivity contribution in [2.45, 2.75) is 10.7 Å². The molecule has 0 N–H and O–H groups in total. The predicted molar refractivity (Wildman–Crippen MR) is 91.2 cm³/mol. The molecule has 0 radical (unpaired) electrons. The minimum Gasteiger partial charge on any atom is -0.496 e. The number of thioether (sulfide) groups is 1. The number of hydrogen-bond acceptors (Lipinski definition) is 4. The minimum absolute atomic E-state index is 0.111. The van der Waals surface area contributed by atoms with Gasteiger partial charge in [0.25, 0.3) is 5.76 Å². The van der Waals surface area contributed by atoms with E-state index in [-0.39, 0.29) is 27.7 Å². The Kier molecular flexibility index (Phi) is 6.52. The van der Waals surface area contributed by atoms with Crippen molar-refractivity contribution in [3.63, 3.8) is 0 Å². The van der Waals surface area contributed by atoms with Gasteiger partial charge in [-0.1, -0.05) is 23.9 Å². The lowest BCUT2D eigenvalue weighted by Crippen LogP contribution is -1.97. The molecule has 0 heterocycles. The highest BCUT2D eigenvalue weighted by Gasteiger charge is 2.13. The molecule has 0 saturated carbocycles. The molecule has 132 valence electrons. The molecule has 0 atom stereocenters. The van der Waals surface area contributed by atoms with Crippen LogP contribution in [0.15, 0.2) is 47.4 Å². The van der Waals surface area contributed by atoms with Crippen molar-refractivity contribution in [1.29, 1.82) is 0 Å². The highest BCUT2D eigenvalue weighted by Crippen LogP contribution is 2.34. The lowest BCUT2D eigenvalue weighted by atomic mass is 10.1. The smallest absolute Gasteiger partial charge is 0.289 e. The first-order chi connectivity index (χ1) is 11.9. The van der Waals surface area contributed by atoms with Gasteiger partial charge < -0.3 is 9.47 Å². The highest BCUT2D eigenvalue weighted by atomic mass is 32.2. The molecular formula is C18H15F3O3S. The number of rotatable bonds is 7. The molecule has 0 aliphatic rings. The van der Waals surface area contributed by atoms with Gasteiger partial charge in [0.05, 0.1) is 19.1 Å². The Morgan fingerprint density at radius 3 is 2.40 bits per heavy atom. The standard InChI is InChI=1S/C18H15F3O3S/c1-23-15-7-4-11(9-13(15)19)3-6-14(22)12-5-8-17(25-18(20)21)16(10-12)24-2/h3-10,18H,1-2H3. The Balaban J connectivity index is 2.18. The molecule has 0 saturated heterocycles. The van der Waals surface area contributed by atoms with Gasteiger partial charge in [-0.25, -0.2) is 4.39 Å². The molecule has 3 nitrogen and oxygen atoms in total. The van der Waals surface area contributed by atoms with Gasteiger partial charge in [-0.3, -0.25) is 4.79 Å². The van der Waals surface area contributed by atoms with Gasteiger partial charge >= 0.3 is 0 Å². The molecule has 0 bridgehead atoms. The summed E-state index contributed by atoms with van der Waals surface area (Å²) in [5, 5.41) is 0. The maximum absolute atomic E-state index is 13.6. The molecule has 2 aromatic carbocycles. The van der Waals surface area contributed by atoms with Gasteiger partial charge in [0, 0.05) is 5.56 Å². The second-order valence-electron chi connectivity index (χ2n) is 4.84. The third kappa shape index (κ3) is 5.03. The van der Waals surface area contributed by atoms with Crippen molar-refractivity contribution >= 4 is 23.6 Å². The molecule has 0 spiro atoms. The van der Waals surface area contributed by atoms with E-state index in [9.17, 15) is 18.0 Å². The molecule has 25 heavy (non-hydrogen) atoms. The van der Waals surface area contributed by atoms with Gasteiger partial charge in [0.1, 0.15) is 5.75 Å². The Bertz CT molecular complexity index is 791. The first-order valence-corrected chi connectivity index (χ1v) is 8.01. The number of alkyl halides is 2. The van der Waals surface area contributed by atoms with E-state index in [1.54, 1.807) is 6.07 Å². The highest BCUT2D eigenvalue weighted by molar-refractivity contribution is 7.99. The van der Waals surface area contributed by atoms with Crippen LogP contribution in [0.4, 0.5) is 13.2 Å². The number of carbonyl (C=O) groups is 1. The van der Waals surface area contributed by atoms with E-state index in [0.29, 0.717) is 17.3 Å². The summed E-state index contributed by atoms with van der Waals surface area (Å²) in [5.74, 6) is -3.17. The summed E-state index contributed by atoms with van der Waals surface area (Å²) in [6, 6.07) is 8.55. The van der Waals surface area contributed by atoms with E-state index >= 15 is 0 Å². The number of halogens is 3. The maximum Gasteiger partial charge on any atom is 0.289 e. The first-order valence-electron chi connectivity index (χ1n) is 7.13. The van der Waals surface area contributed by atoms with Crippen LogP contribution >= 0.6 is 11.8 Å². The van der Waals surface area contributed by atoms with Gasteiger partial charge in [0.2, 0.25) is 0 Å². The molecule has 2 rings (SSSR count). The summed E-state index contributed by atoms with van der Waals surface area (Å²) in [7, 11) is 2.70. The number of ketones is 1. The van der Waals surface area contributed by atoms with Gasteiger partial charge in [0.15, 0.2) is 17.3 Å². The fraction of sp³-hybridized carbons (Fsp3) is 0.167. The van der Waals surface area contributed by atoms with Crippen LogP contribution in [-0.4, -0.2) is 25.8 Å².